The first-order valence-electron chi connectivity index (χ1n) is 9.02. The molecule has 8 nitrogen and oxygen atoms in total. The molecule has 1 N–H and O–H groups in total. The van der Waals surface area contributed by atoms with Gasteiger partial charge in [-0.25, -0.2) is 0 Å². The van der Waals surface area contributed by atoms with E-state index in [9.17, 15) is 14.9 Å². The standard InChI is InChI=1S/C20H23N3O5/c1-27-18-11-14-8-10-22(13-15(14)12-19(18)28-2)20(24)7-9-21-16-5-3-4-6-17(16)23(25)26/h3-6,11-12,21H,7-10,13H2,1-2H3. The SMILES string of the molecule is COc1cc2c(cc1OC)CN(C(=O)CCNc1ccccc1[N+](=O)[O-])CC2. The molecule has 0 aliphatic carbocycles. The highest BCUT2D eigenvalue weighted by Gasteiger charge is 2.23. The van der Waals surface area contributed by atoms with E-state index in [0.717, 1.165) is 17.5 Å². The van der Waals surface area contributed by atoms with Gasteiger partial charge in [0, 0.05) is 32.1 Å². The Balaban J connectivity index is 1.60. The van der Waals surface area contributed by atoms with Gasteiger partial charge in [-0.15, -0.1) is 0 Å². The van der Waals surface area contributed by atoms with Crippen molar-refractivity contribution in [3.05, 3.63) is 57.6 Å². The number of rotatable bonds is 7. The minimum Gasteiger partial charge on any atom is -0.493 e. The molecule has 0 saturated carbocycles. The molecule has 0 bridgehead atoms. The molecule has 0 spiro atoms. The number of anilines is 1. The number of benzene rings is 2. The van der Waals surface area contributed by atoms with Crippen LogP contribution in [0.5, 0.6) is 11.5 Å². The molecular formula is C20H23N3O5. The Bertz CT molecular complexity index is 884. The summed E-state index contributed by atoms with van der Waals surface area (Å²) in [6.07, 6.45) is 1.01. The average molecular weight is 385 g/mol. The third kappa shape index (κ3) is 4.16. The number of hydrogen-bond donors (Lipinski definition) is 1. The van der Waals surface area contributed by atoms with Gasteiger partial charge in [-0.2, -0.15) is 0 Å². The molecule has 28 heavy (non-hydrogen) atoms. The van der Waals surface area contributed by atoms with Crippen molar-refractivity contribution in [3.8, 4) is 11.5 Å². The number of fused-ring (bicyclic) bond motifs is 1. The van der Waals surface area contributed by atoms with Crippen LogP contribution in [0.4, 0.5) is 11.4 Å². The van der Waals surface area contributed by atoms with E-state index in [1.54, 1.807) is 37.3 Å². The Hall–Kier alpha value is -3.29. The molecule has 1 aliphatic heterocycles. The van der Waals surface area contributed by atoms with Crippen molar-refractivity contribution in [2.24, 2.45) is 0 Å². The van der Waals surface area contributed by atoms with E-state index < -0.39 is 4.92 Å². The van der Waals surface area contributed by atoms with E-state index in [2.05, 4.69) is 5.32 Å². The zero-order valence-corrected chi connectivity index (χ0v) is 15.9. The largest absolute Gasteiger partial charge is 0.493 e. The van der Waals surface area contributed by atoms with Crippen LogP contribution in [0.3, 0.4) is 0 Å². The van der Waals surface area contributed by atoms with Gasteiger partial charge in [0.25, 0.3) is 5.69 Å². The number of carbonyl (C=O) groups excluding carboxylic acids is 1. The zero-order valence-electron chi connectivity index (χ0n) is 15.9. The summed E-state index contributed by atoms with van der Waals surface area (Å²) in [6.45, 7) is 1.48. The molecule has 2 aromatic carbocycles. The number of ether oxygens (including phenoxy) is 2. The van der Waals surface area contributed by atoms with Gasteiger partial charge in [0.1, 0.15) is 5.69 Å². The van der Waals surface area contributed by atoms with Crippen LogP contribution in [0.15, 0.2) is 36.4 Å². The number of carbonyl (C=O) groups is 1. The highest BCUT2D eigenvalue weighted by atomic mass is 16.6. The van der Waals surface area contributed by atoms with E-state index in [1.165, 1.54) is 6.07 Å². The first-order chi connectivity index (χ1) is 13.5. The van der Waals surface area contributed by atoms with Crippen LogP contribution in [-0.4, -0.2) is 43.0 Å². The lowest BCUT2D eigenvalue weighted by Gasteiger charge is -2.29. The second kappa shape index (κ2) is 8.60. The fourth-order valence-corrected chi connectivity index (χ4v) is 3.34. The van der Waals surface area contributed by atoms with Crippen molar-refractivity contribution < 1.29 is 19.2 Å². The van der Waals surface area contributed by atoms with E-state index in [0.29, 0.717) is 36.8 Å². The molecule has 0 aromatic heterocycles. The van der Waals surface area contributed by atoms with Crippen LogP contribution in [0, 0.1) is 10.1 Å². The minimum atomic E-state index is -0.437. The first kappa shape index (κ1) is 19.5. The molecule has 1 aliphatic rings. The lowest BCUT2D eigenvalue weighted by molar-refractivity contribution is -0.384. The summed E-state index contributed by atoms with van der Waals surface area (Å²) >= 11 is 0. The zero-order chi connectivity index (χ0) is 20.1. The van der Waals surface area contributed by atoms with E-state index in [-0.39, 0.29) is 18.0 Å². The van der Waals surface area contributed by atoms with Crippen molar-refractivity contribution in [3.63, 3.8) is 0 Å². The first-order valence-corrected chi connectivity index (χ1v) is 9.02. The van der Waals surface area contributed by atoms with Crippen LogP contribution >= 0.6 is 0 Å². The Kier molecular flexibility index (Phi) is 5.98. The topological polar surface area (TPSA) is 93.9 Å². The summed E-state index contributed by atoms with van der Waals surface area (Å²) in [5, 5.41) is 14.0. The van der Waals surface area contributed by atoms with Crippen LogP contribution in [0.2, 0.25) is 0 Å². The van der Waals surface area contributed by atoms with Crippen molar-refractivity contribution >= 4 is 17.3 Å². The Morgan fingerprint density at radius 1 is 1.18 bits per heavy atom. The molecule has 1 amide bonds. The lowest BCUT2D eigenvalue weighted by atomic mass is 9.98. The number of nitro benzene ring substituents is 1. The summed E-state index contributed by atoms with van der Waals surface area (Å²) in [6, 6.07) is 10.3. The summed E-state index contributed by atoms with van der Waals surface area (Å²) in [7, 11) is 3.19. The molecule has 8 heteroatoms. The Morgan fingerprint density at radius 3 is 2.54 bits per heavy atom. The fourth-order valence-electron chi connectivity index (χ4n) is 3.34. The maximum absolute atomic E-state index is 12.6. The van der Waals surface area contributed by atoms with E-state index in [4.69, 9.17) is 9.47 Å². The quantitative estimate of drug-likeness (QED) is 0.582. The normalized spacial score (nSPS) is 12.9. The van der Waals surface area contributed by atoms with E-state index >= 15 is 0 Å². The Morgan fingerprint density at radius 2 is 1.86 bits per heavy atom. The van der Waals surface area contributed by atoms with Crippen molar-refractivity contribution in [2.75, 3.05) is 32.6 Å². The summed E-state index contributed by atoms with van der Waals surface area (Å²) in [5.41, 5.74) is 2.62. The predicted molar refractivity (Wildman–Crippen MR) is 105 cm³/mol. The molecule has 3 rings (SSSR count). The van der Waals surface area contributed by atoms with Crippen LogP contribution in [0.25, 0.3) is 0 Å². The summed E-state index contributed by atoms with van der Waals surface area (Å²) in [4.78, 5) is 25.0. The number of hydrogen-bond acceptors (Lipinski definition) is 6. The third-order valence-corrected chi connectivity index (χ3v) is 4.83. The molecule has 0 atom stereocenters. The smallest absolute Gasteiger partial charge is 0.292 e. The Labute approximate surface area is 163 Å². The number of nitrogens with zero attached hydrogens (tertiary/aromatic N) is 2. The summed E-state index contributed by atoms with van der Waals surface area (Å²) in [5.74, 6) is 1.34. The van der Waals surface area contributed by atoms with Gasteiger partial charge < -0.3 is 19.7 Å². The maximum atomic E-state index is 12.6. The van der Waals surface area contributed by atoms with Crippen LogP contribution in [-0.2, 0) is 17.8 Å². The average Bonchev–Trinajstić information content (AvgIpc) is 2.72. The molecule has 148 valence electrons. The van der Waals surface area contributed by atoms with Gasteiger partial charge in [0.05, 0.1) is 19.1 Å². The third-order valence-electron chi connectivity index (χ3n) is 4.83. The van der Waals surface area contributed by atoms with Gasteiger partial charge in [-0.05, 0) is 35.7 Å². The van der Waals surface area contributed by atoms with Crippen LogP contribution < -0.4 is 14.8 Å². The molecule has 0 unspecified atom stereocenters. The number of amides is 1. The van der Waals surface area contributed by atoms with Crippen molar-refractivity contribution in [1.82, 2.24) is 4.90 Å². The highest BCUT2D eigenvalue weighted by Crippen LogP contribution is 2.33. The molecule has 0 radical (unpaired) electrons. The molecule has 0 fully saturated rings. The second-order valence-corrected chi connectivity index (χ2v) is 6.49. The van der Waals surface area contributed by atoms with Gasteiger partial charge in [0.15, 0.2) is 11.5 Å². The second-order valence-electron chi connectivity index (χ2n) is 6.49. The number of nitro groups is 1. The number of nitrogens with one attached hydrogen (secondary N) is 1. The summed E-state index contributed by atoms with van der Waals surface area (Å²) < 4.78 is 10.7. The monoisotopic (exact) mass is 385 g/mol. The molecular weight excluding hydrogens is 362 g/mol. The number of methoxy groups -OCH3 is 2. The molecule has 2 aromatic rings. The molecule has 0 saturated heterocycles. The van der Waals surface area contributed by atoms with Gasteiger partial charge in [-0.3, -0.25) is 14.9 Å². The minimum absolute atomic E-state index is 0.00268. The van der Waals surface area contributed by atoms with Crippen LogP contribution in [0.1, 0.15) is 17.5 Å². The van der Waals surface area contributed by atoms with Gasteiger partial charge in [0.2, 0.25) is 5.91 Å². The fraction of sp³-hybridized carbons (Fsp3) is 0.350. The number of para-hydroxylation sites is 2. The van der Waals surface area contributed by atoms with Crippen molar-refractivity contribution in [1.29, 1.82) is 0 Å². The maximum Gasteiger partial charge on any atom is 0.292 e. The van der Waals surface area contributed by atoms with Crippen molar-refractivity contribution in [2.45, 2.75) is 19.4 Å². The predicted octanol–water partition coefficient (Wildman–Crippen LogP) is 3.00. The van der Waals surface area contributed by atoms with Gasteiger partial charge >= 0.3 is 0 Å². The highest BCUT2D eigenvalue weighted by molar-refractivity contribution is 5.77. The van der Waals surface area contributed by atoms with Gasteiger partial charge in [-0.1, -0.05) is 12.1 Å². The molecule has 1 heterocycles. The lowest BCUT2D eigenvalue weighted by Crippen LogP contribution is -2.36. The van der Waals surface area contributed by atoms with E-state index in [1.807, 2.05) is 12.1 Å².